The Morgan fingerprint density at radius 3 is 2.44 bits per heavy atom. The van der Waals surface area contributed by atoms with Gasteiger partial charge in [0, 0.05) is 28.7 Å². The summed E-state index contributed by atoms with van der Waals surface area (Å²) in [4.78, 5) is 14.6. The summed E-state index contributed by atoms with van der Waals surface area (Å²) in [7, 11) is -3.80. The highest BCUT2D eigenvalue weighted by molar-refractivity contribution is 7.89. The maximum atomic E-state index is 14.9. The van der Waals surface area contributed by atoms with Gasteiger partial charge in [-0.3, -0.25) is 9.69 Å². The van der Waals surface area contributed by atoms with Crippen LogP contribution < -0.4 is 9.46 Å². The predicted octanol–water partition coefficient (Wildman–Crippen LogP) is 5.13. The van der Waals surface area contributed by atoms with E-state index >= 15 is 0 Å². The van der Waals surface area contributed by atoms with E-state index in [9.17, 15) is 17.6 Å². The minimum atomic E-state index is -3.80. The molecule has 184 valence electrons. The molecule has 0 aromatic heterocycles. The maximum absolute atomic E-state index is 14.9. The minimum absolute atomic E-state index is 0.0508. The van der Waals surface area contributed by atoms with Crippen LogP contribution in [0.15, 0.2) is 30.3 Å². The van der Waals surface area contributed by atoms with Crippen molar-refractivity contribution in [1.82, 2.24) is 9.62 Å². The van der Waals surface area contributed by atoms with Crippen LogP contribution in [0.3, 0.4) is 0 Å². The summed E-state index contributed by atoms with van der Waals surface area (Å²) in [5.74, 6) is -1.20. The number of benzene rings is 2. The number of likely N-dealkylation sites (tertiary alicyclic amines) is 1. The molecule has 1 heterocycles. The fraction of sp³-hybridized carbons (Fsp3) is 0.458. The molecule has 1 saturated heterocycles. The van der Waals surface area contributed by atoms with Gasteiger partial charge in [0.2, 0.25) is 10.0 Å². The summed E-state index contributed by atoms with van der Waals surface area (Å²) >= 11 is 12.3. The smallest absolute Gasteiger partial charge is 0.267 e. The second-order valence-corrected chi connectivity index (χ2v) is 11.8. The zero-order valence-corrected chi connectivity index (χ0v) is 21.3. The molecule has 1 amide bonds. The van der Waals surface area contributed by atoms with Gasteiger partial charge in [-0.1, -0.05) is 23.2 Å². The van der Waals surface area contributed by atoms with Crippen LogP contribution >= 0.6 is 23.2 Å². The summed E-state index contributed by atoms with van der Waals surface area (Å²) in [6, 6.07) is 8.19. The fourth-order valence-corrected chi connectivity index (χ4v) is 5.46. The van der Waals surface area contributed by atoms with Crippen LogP contribution in [0.4, 0.5) is 4.39 Å². The summed E-state index contributed by atoms with van der Waals surface area (Å²) in [6.45, 7) is 3.63. The summed E-state index contributed by atoms with van der Waals surface area (Å²) in [5, 5.41) is 1.18. The maximum Gasteiger partial charge on any atom is 0.267 e. The fourth-order valence-electron chi connectivity index (χ4n) is 4.44. The first-order valence-corrected chi connectivity index (χ1v) is 13.9. The van der Waals surface area contributed by atoms with Gasteiger partial charge in [0.15, 0.2) is 0 Å². The third-order valence-electron chi connectivity index (χ3n) is 6.27. The number of nitrogens with one attached hydrogen (secondary N) is 1. The van der Waals surface area contributed by atoms with E-state index in [1.54, 1.807) is 6.07 Å². The topological polar surface area (TPSA) is 75.7 Å². The summed E-state index contributed by atoms with van der Waals surface area (Å²) in [5.41, 5.74) is 1.46. The lowest BCUT2D eigenvalue weighted by Crippen LogP contribution is -2.48. The van der Waals surface area contributed by atoms with Crippen molar-refractivity contribution in [3.63, 3.8) is 0 Å². The average Bonchev–Trinajstić information content (AvgIpc) is 3.54. The lowest BCUT2D eigenvalue weighted by atomic mass is 9.98. The Bertz CT molecular complexity index is 1180. The van der Waals surface area contributed by atoms with Gasteiger partial charge in [-0.05, 0) is 80.5 Å². The SMILES string of the molecule is C[C@H]1[C@@H](Oc2cc(F)c(C(=O)NS(C)(=O)=O)cc2C2CC2)CCCN1Cc1cc(Cl)cc(Cl)c1. The number of hydrogen-bond acceptors (Lipinski definition) is 5. The predicted molar refractivity (Wildman–Crippen MR) is 131 cm³/mol. The van der Waals surface area contributed by atoms with Crippen LogP contribution in [0.2, 0.25) is 10.0 Å². The third-order valence-corrected chi connectivity index (χ3v) is 7.27. The van der Waals surface area contributed by atoms with E-state index < -0.39 is 21.7 Å². The second kappa shape index (κ2) is 10.0. The van der Waals surface area contributed by atoms with E-state index in [1.165, 1.54) is 12.1 Å². The standard InChI is InChI=1S/C24H27Cl2FN2O4S/c1-14-22(4-3-7-29(14)13-15-8-17(25)10-18(26)9-15)33-23-12-21(27)20(11-19(23)16-5-6-16)24(30)28-34(2,31)32/h8-12,14,16,22H,3-7,13H2,1-2H3,(H,28,30)/t14-,22-/m0/s1. The molecule has 2 fully saturated rings. The number of piperidine rings is 1. The van der Waals surface area contributed by atoms with Crippen molar-refractivity contribution in [2.24, 2.45) is 0 Å². The molecular weight excluding hydrogens is 502 g/mol. The molecule has 1 aliphatic heterocycles. The molecule has 1 saturated carbocycles. The van der Waals surface area contributed by atoms with Gasteiger partial charge in [-0.25, -0.2) is 17.5 Å². The van der Waals surface area contributed by atoms with Crippen molar-refractivity contribution in [2.75, 3.05) is 12.8 Å². The van der Waals surface area contributed by atoms with Crippen LogP contribution in [0.5, 0.6) is 5.75 Å². The Kier molecular flexibility index (Phi) is 7.43. The minimum Gasteiger partial charge on any atom is -0.488 e. The van der Waals surface area contributed by atoms with E-state index in [2.05, 4.69) is 11.8 Å². The number of sulfonamides is 1. The lowest BCUT2D eigenvalue weighted by Gasteiger charge is -2.39. The Morgan fingerprint density at radius 1 is 1.15 bits per heavy atom. The van der Waals surface area contributed by atoms with Crippen molar-refractivity contribution in [1.29, 1.82) is 0 Å². The van der Waals surface area contributed by atoms with Gasteiger partial charge in [-0.15, -0.1) is 0 Å². The summed E-state index contributed by atoms with van der Waals surface area (Å²) in [6.07, 6.45) is 4.25. The number of carbonyl (C=O) groups excluding carboxylic acids is 1. The van der Waals surface area contributed by atoms with Gasteiger partial charge in [0.05, 0.1) is 11.8 Å². The molecule has 0 bridgehead atoms. The number of nitrogens with zero attached hydrogens (tertiary/aromatic N) is 1. The highest BCUT2D eigenvalue weighted by Gasteiger charge is 2.34. The number of carbonyl (C=O) groups is 1. The Balaban J connectivity index is 1.54. The monoisotopic (exact) mass is 528 g/mol. The normalized spacial score (nSPS) is 21.3. The number of amides is 1. The first-order chi connectivity index (χ1) is 16.0. The van der Waals surface area contributed by atoms with Crippen LogP contribution in [-0.4, -0.2) is 44.2 Å². The molecule has 4 rings (SSSR count). The van der Waals surface area contributed by atoms with Crippen LogP contribution in [0.25, 0.3) is 0 Å². The zero-order chi connectivity index (χ0) is 24.6. The molecule has 2 atom stereocenters. The molecule has 34 heavy (non-hydrogen) atoms. The van der Waals surface area contributed by atoms with Gasteiger partial charge < -0.3 is 4.74 Å². The van der Waals surface area contributed by atoms with Gasteiger partial charge >= 0.3 is 0 Å². The molecule has 0 radical (unpaired) electrons. The van der Waals surface area contributed by atoms with Crippen molar-refractivity contribution in [2.45, 2.75) is 57.2 Å². The van der Waals surface area contributed by atoms with Gasteiger partial charge in [0.25, 0.3) is 5.91 Å². The third kappa shape index (κ3) is 6.22. The largest absolute Gasteiger partial charge is 0.488 e. The number of hydrogen-bond donors (Lipinski definition) is 1. The first kappa shape index (κ1) is 25.2. The van der Waals surface area contributed by atoms with Crippen molar-refractivity contribution >= 4 is 39.1 Å². The highest BCUT2D eigenvalue weighted by Crippen LogP contribution is 2.46. The molecular formula is C24H27Cl2FN2O4S. The van der Waals surface area contributed by atoms with Crippen molar-refractivity contribution < 1.29 is 22.3 Å². The highest BCUT2D eigenvalue weighted by atomic mass is 35.5. The molecule has 0 spiro atoms. The lowest BCUT2D eigenvalue weighted by molar-refractivity contribution is 0.0307. The first-order valence-electron chi connectivity index (χ1n) is 11.2. The Labute approximate surface area is 209 Å². The number of rotatable bonds is 7. The van der Waals surface area contributed by atoms with Crippen molar-refractivity contribution in [3.8, 4) is 5.75 Å². The molecule has 2 aliphatic rings. The van der Waals surface area contributed by atoms with E-state index in [4.69, 9.17) is 27.9 Å². The van der Waals surface area contributed by atoms with E-state index in [1.807, 2.05) is 16.9 Å². The Hall–Kier alpha value is -1.87. The van der Waals surface area contributed by atoms with E-state index in [0.717, 1.165) is 49.6 Å². The Morgan fingerprint density at radius 2 is 1.82 bits per heavy atom. The van der Waals surface area contributed by atoms with Crippen molar-refractivity contribution in [3.05, 3.63) is 62.9 Å². The van der Waals surface area contributed by atoms with Crippen LogP contribution in [0, 0.1) is 5.82 Å². The quantitative estimate of drug-likeness (QED) is 0.538. The molecule has 10 heteroatoms. The van der Waals surface area contributed by atoms with Crippen LogP contribution in [0.1, 0.15) is 60.0 Å². The van der Waals surface area contributed by atoms with Gasteiger partial charge in [0.1, 0.15) is 17.7 Å². The summed E-state index contributed by atoms with van der Waals surface area (Å²) < 4.78 is 45.9. The second-order valence-electron chi connectivity index (χ2n) is 9.13. The van der Waals surface area contributed by atoms with Crippen LogP contribution in [-0.2, 0) is 16.6 Å². The van der Waals surface area contributed by atoms with Gasteiger partial charge in [-0.2, -0.15) is 0 Å². The molecule has 2 aromatic carbocycles. The average molecular weight is 529 g/mol. The van der Waals surface area contributed by atoms with E-state index in [-0.39, 0.29) is 23.6 Å². The molecule has 0 unspecified atom stereocenters. The van der Waals surface area contributed by atoms with E-state index in [0.29, 0.717) is 22.3 Å². The molecule has 6 nitrogen and oxygen atoms in total. The zero-order valence-electron chi connectivity index (χ0n) is 19.0. The molecule has 1 aliphatic carbocycles. The number of ether oxygens (including phenoxy) is 1. The molecule has 1 N–H and O–H groups in total. The number of halogens is 3. The molecule has 2 aromatic rings.